The van der Waals surface area contributed by atoms with Crippen LogP contribution >= 0.6 is 0 Å². The van der Waals surface area contributed by atoms with Gasteiger partial charge >= 0.3 is 0 Å². The van der Waals surface area contributed by atoms with E-state index in [1.54, 1.807) is 19.4 Å². The van der Waals surface area contributed by atoms with E-state index in [-0.39, 0.29) is 0 Å². The Bertz CT molecular complexity index is 776. The predicted molar refractivity (Wildman–Crippen MR) is 75.5 cm³/mol. The van der Waals surface area contributed by atoms with Crippen LogP contribution in [-0.4, -0.2) is 27.9 Å². The third-order valence-electron chi connectivity index (χ3n) is 3.15. The number of carbonyl (C=O) groups excluding carboxylic acids is 1. The first-order valence-corrected chi connectivity index (χ1v) is 6.17. The summed E-state index contributed by atoms with van der Waals surface area (Å²) >= 11 is 0. The second-order valence-electron chi connectivity index (χ2n) is 4.42. The lowest BCUT2D eigenvalue weighted by molar-refractivity contribution is 0.112. The van der Waals surface area contributed by atoms with Gasteiger partial charge in [0, 0.05) is 17.4 Å². The minimum atomic E-state index is 0.525. The second-order valence-corrected chi connectivity index (χ2v) is 4.42. The highest BCUT2D eigenvalue weighted by Gasteiger charge is 2.11. The van der Waals surface area contributed by atoms with E-state index in [0.717, 1.165) is 29.2 Å². The van der Waals surface area contributed by atoms with Crippen LogP contribution in [0.5, 0.6) is 5.75 Å². The number of aromatic nitrogens is 3. The van der Waals surface area contributed by atoms with E-state index in [1.165, 1.54) is 0 Å². The van der Waals surface area contributed by atoms with Gasteiger partial charge in [0.05, 0.1) is 7.11 Å². The average molecular weight is 267 g/mol. The summed E-state index contributed by atoms with van der Waals surface area (Å²) in [5.74, 6) is 1.62. The van der Waals surface area contributed by atoms with E-state index < -0.39 is 0 Å². The molecular weight excluding hydrogens is 254 g/mol. The van der Waals surface area contributed by atoms with Crippen molar-refractivity contribution in [2.75, 3.05) is 7.11 Å². The van der Waals surface area contributed by atoms with Gasteiger partial charge in [0.15, 0.2) is 11.9 Å². The van der Waals surface area contributed by atoms with E-state index in [0.29, 0.717) is 11.1 Å². The van der Waals surface area contributed by atoms with Gasteiger partial charge in [-0.25, -0.2) is 9.97 Å². The van der Waals surface area contributed by atoms with Gasteiger partial charge in [-0.2, -0.15) is 0 Å². The first-order valence-electron chi connectivity index (χ1n) is 6.17. The Hall–Kier alpha value is -2.69. The first kappa shape index (κ1) is 12.3. The molecule has 0 saturated heterocycles. The molecule has 20 heavy (non-hydrogen) atoms. The van der Waals surface area contributed by atoms with Crippen LogP contribution < -0.4 is 4.74 Å². The topological polar surface area (TPSA) is 57.0 Å². The molecule has 0 aliphatic rings. The van der Waals surface area contributed by atoms with Crippen molar-refractivity contribution in [3.05, 3.63) is 47.9 Å². The molecule has 0 amide bonds. The minimum Gasteiger partial charge on any atom is -0.497 e. The van der Waals surface area contributed by atoms with Crippen LogP contribution in [0, 0.1) is 6.92 Å². The fraction of sp³-hybridized carbons (Fsp3) is 0.133. The number of benzene rings is 1. The van der Waals surface area contributed by atoms with Gasteiger partial charge in [-0.3, -0.25) is 9.36 Å². The highest BCUT2D eigenvalue weighted by Crippen LogP contribution is 2.22. The van der Waals surface area contributed by atoms with Gasteiger partial charge < -0.3 is 4.74 Å². The zero-order chi connectivity index (χ0) is 14.1. The van der Waals surface area contributed by atoms with Gasteiger partial charge in [-0.15, -0.1) is 0 Å². The summed E-state index contributed by atoms with van der Waals surface area (Å²) in [7, 11) is 1.63. The van der Waals surface area contributed by atoms with Crippen LogP contribution in [0.3, 0.4) is 0 Å². The number of ether oxygens (including phenoxy) is 1. The summed E-state index contributed by atoms with van der Waals surface area (Å²) in [6, 6.07) is 9.41. The number of hydrogen-bond donors (Lipinski definition) is 0. The molecule has 3 rings (SSSR count). The summed E-state index contributed by atoms with van der Waals surface area (Å²) in [5.41, 5.74) is 2.93. The van der Waals surface area contributed by atoms with Gasteiger partial charge in [0.1, 0.15) is 17.1 Å². The maximum absolute atomic E-state index is 10.8. The van der Waals surface area contributed by atoms with Crippen LogP contribution in [0.25, 0.3) is 16.9 Å². The van der Waals surface area contributed by atoms with Crippen molar-refractivity contribution in [3.8, 4) is 11.4 Å². The van der Waals surface area contributed by atoms with E-state index in [2.05, 4.69) is 9.97 Å². The monoisotopic (exact) mass is 267 g/mol. The molecule has 0 spiro atoms. The summed E-state index contributed by atoms with van der Waals surface area (Å²) < 4.78 is 7.10. The number of rotatable bonds is 3. The highest BCUT2D eigenvalue weighted by atomic mass is 16.5. The summed E-state index contributed by atoms with van der Waals surface area (Å²) in [4.78, 5) is 19.6. The molecule has 0 aliphatic carbocycles. The SMILES string of the molecule is COc1ccc(-n2c(C)nc3cc(C=O)cnc32)cc1. The van der Waals surface area contributed by atoms with Crippen molar-refractivity contribution in [3.63, 3.8) is 0 Å². The van der Waals surface area contributed by atoms with Crippen LogP contribution in [0.1, 0.15) is 16.2 Å². The average Bonchev–Trinajstić information content (AvgIpc) is 2.82. The van der Waals surface area contributed by atoms with Crippen molar-refractivity contribution < 1.29 is 9.53 Å². The van der Waals surface area contributed by atoms with Crippen LogP contribution in [0.4, 0.5) is 0 Å². The molecule has 1 aromatic carbocycles. The number of nitrogens with zero attached hydrogens (tertiary/aromatic N) is 3. The van der Waals surface area contributed by atoms with Crippen LogP contribution in [-0.2, 0) is 0 Å². The third kappa shape index (κ3) is 1.93. The minimum absolute atomic E-state index is 0.525. The molecule has 5 nitrogen and oxygen atoms in total. The Morgan fingerprint density at radius 3 is 2.65 bits per heavy atom. The number of aryl methyl sites for hydroxylation is 1. The lowest BCUT2D eigenvalue weighted by Crippen LogP contribution is -1.98. The Balaban J connectivity index is 2.19. The molecule has 0 aliphatic heterocycles. The van der Waals surface area contributed by atoms with Crippen LogP contribution in [0.15, 0.2) is 36.5 Å². The fourth-order valence-electron chi connectivity index (χ4n) is 2.20. The lowest BCUT2D eigenvalue weighted by Gasteiger charge is -2.07. The first-order chi connectivity index (χ1) is 9.72. The number of fused-ring (bicyclic) bond motifs is 1. The molecule has 0 saturated carbocycles. The summed E-state index contributed by atoms with van der Waals surface area (Å²) in [5, 5.41) is 0. The predicted octanol–water partition coefficient (Wildman–Crippen LogP) is 2.55. The summed E-state index contributed by atoms with van der Waals surface area (Å²) in [6.45, 7) is 1.91. The Morgan fingerprint density at radius 2 is 2.00 bits per heavy atom. The molecule has 0 radical (unpaired) electrons. The van der Waals surface area contributed by atoms with E-state index >= 15 is 0 Å². The molecule has 0 bridgehead atoms. The van der Waals surface area contributed by atoms with E-state index in [1.807, 2.05) is 35.8 Å². The smallest absolute Gasteiger partial charge is 0.164 e. The number of methoxy groups -OCH3 is 1. The number of imidazole rings is 1. The van der Waals surface area contributed by atoms with Crippen molar-refractivity contribution >= 4 is 17.5 Å². The van der Waals surface area contributed by atoms with Crippen molar-refractivity contribution in [2.45, 2.75) is 6.92 Å². The van der Waals surface area contributed by atoms with Crippen molar-refractivity contribution in [1.82, 2.24) is 14.5 Å². The second kappa shape index (κ2) is 4.77. The quantitative estimate of drug-likeness (QED) is 0.684. The summed E-state index contributed by atoms with van der Waals surface area (Å²) in [6.07, 6.45) is 2.32. The molecule has 100 valence electrons. The Kier molecular flexibility index (Phi) is 2.95. The molecule has 2 aromatic heterocycles. The van der Waals surface area contributed by atoms with Crippen LogP contribution in [0.2, 0.25) is 0 Å². The van der Waals surface area contributed by atoms with E-state index in [9.17, 15) is 4.79 Å². The Labute approximate surface area is 115 Å². The lowest BCUT2D eigenvalue weighted by atomic mass is 10.3. The number of aldehydes is 1. The van der Waals surface area contributed by atoms with Crippen molar-refractivity contribution in [1.29, 1.82) is 0 Å². The number of hydrogen-bond acceptors (Lipinski definition) is 4. The third-order valence-corrected chi connectivity index (χ3v) is 3.15. The van der Waals surface area contributed by atoms with Gasteiger partial charge in [0.2, 0.25) is 0 Å². The van der Waals surface area contributed by atoms with Gasteiger partial charge in [-0.05, 0) is 37.3 Å². The highest BCUT2D eigenvalue weighted by molar-refractivity contribution is 5.83. The molecule has 0 atom stereocenters. The Morgan fingerprint density at radius 1 is 1.25 bits per heavy atom. The molecule has 0 N–H and O–H groups in total. The number of pyridine rings is 1. The molecule has 2 heterocycles. The van der Waals surface area contributed by atoms with E-state index in [4.69, 9.17) is 4.74 Å². The zero-order valence-corrected chi connectivity index (χ0v) is 11.2. The zero-order valence-electron chi connectivity index (χ0n) is 11.2. The molecule has 3 aromatic rings. The van der Waals surface area contributed by atoms with Gasteiger partial charge in [-0.1, -0.05) is 0 Å². The molecular formula is C15H13N3O2. The fourth-order valence-corrected chi connectivity index (χ4v) is 2.20. The molecule has 0 unspecified atom stereocenters. The largest absolute Gasteiger partial charge is 0.497 e. The van der Waals surface area contributed by atoms with Crippen molar-refractivity contribution in [2.24, 2.45) is 0 Å². The standard InChI is InChI=1S/C15H13N3O2/c1-10-17-14-7-11(9-19)8-16-15(14)18(10)12-3-5-13(20-2)6-4-12/h3-9H,1-2H3. The maximum atomic E-state index is 10.8. The van der Waals surface area contributed by atoms with Gasteiger partial charge in [0.25, 0.3) is 0 Å². The molecule has 0 fully saturated rings. The number of carbonyl (C=O) groups is 1. The molecule has 5 heteroatoms. The maximum Gasteiger partial charge on any atom is 0.164 e. The normalized spacial score (nSPS) is 10.7.